The van der Waals surface area contributed by atoms with Crippen LogP contribution in [0.1, 0.15) is 29.3 Å². The molecule has 1 heterocycles. The van der Waals surface area contributed by atoms with Crippen LogP contribution in [0.4, 0.5) is 0 Å². The molecule has 3 nitrogen and oxygen atoms in total. The molecule has 2 rings (SSSR count). The summed E-state index contributed by atoms with van der Waals surface area (Å²) in [6, 6.07) is 5.71. The van der Waals surface area contributed by atoms with E-state index in [9.17, 15) is 9.90 Å². The predicted octanol–water partition coefficient (Wildman–Crippen LogP) is 2.35. The minimum absolute atomic E-state index is 0.0151. The van der Waals surface area contributed by atoms with Crippen LogP contribution >= 0.6 is 15.9 Å². The molecular formula is C13H16BrNO2. The number of carbonyl (C=O) groups excluding carboxylic acids is 1. The number of hydrogen-bond donors (Lipinski definition) is 1. The third-order valence-electron chi connectivity index (χ3n) is 3.27. The van der Waals surface area contributed by atoms with E-state index in [1.54, 1.807) is 4.90 Å². The average Bonchev–Trinajstić information content (AvgIpc) is 2.27. The number of β-amino-alcohol motifs (C(OH)–C–C–N with tert-alkyl or cyclic N) is 1. The molecule has 92 valence electrons. The van der Waals surface area contributed by atoms with Gasteiger partial charge in [0, 0.05) is 4.47 Å². The first-order valence-electron chi connectivity index (χ1n) is 5.73. The number of amides is 1. The number of aryl methyl sites for hydroxylation is 1. The van der Waals surface area contributed by atoms with Gasteiger partial charge < -0.3 is 10.0 Å². The molecule has 0 unspecified atom stereocenters. The van der Waals surface area contributed by atoms with Crippen molar-refractivity contribution in [2.75, 3.05) is 13.1 Å². The molecular weight excluding hydrogens is 282 g/mol. The molecule has 4 heteroatoms. The van der Waals surface area contributed by atoms with Crippen molar-refractivity contribution in [3.05, 3.63) is 33.8 Å². The maximum Gasteiger partial charge on any atom is 0.255 e. The Bertz CT molecular complexity index is 453. The van der Waals surface area contributed by atoms with Crippen LogP contribution in [0.3, 0.4) is 0 Å². The summed E-state index contributed by atoms with van der Waals surface area (Å²) in [6.07, 6.45) is 0.686. The average molecular weight is 298 g/mol. The van der Waals surface area contributed by atoms with Crippen LogP contribution in [-0.4, -0.2) is 34.6 Å². The Morgan fingerprint density at radius 2 is 2.18 bits per heavy atom. The Hall–Kier alpha value is -0.870. The van der Waals surface area contributed by atoms with Gasteiger partial charge in [0.25, 0.3) is 5.91 Å². The Kier molecular flexibility index (Phi) is 3.27. The van der Waals surface area contributed by atoms with Gasteiger partial charge in [0.2, 0.25) is 0 Å². The summed E-state index contributed by atoms with van der Waals surface area (Å²) in [4.78, 5) is 13.9. The zero-order chi connectivity index (χ0) is 12.6. The second-order valence-corrected chi connectivity index (χ2v) is 5.58. The van der Waals surface area contributed by atoms with Crippen molar-refractivity contribution in [1.29, 1.82) is 0 Å². The van der Waals surface area contributed by atoms with Crippen LogP contribution in [0.25, 0.3) is 0 Å². The second kappa shape index (κ2) is 4.42. The van der Waals surface area contributed by atoms with E-state index in [0.717, 1.165) is 10.0 Å². The zero-order valence-corrected chi connectivity index (χ0v) is 11.6. The summed E-state index contributed by atoms with van der Waals surface area (Å²) < 4.78 is 0.806. The van der Waals surface area contributed by atoms with E-state index >= 15 is 0 Å². The van der Waals surface area contributed by atoms with Crippen LogP contribution in [0.15, 0.2) is 22.7 Å². The van der Waals surface area contributed by atoms with Crippen molar-refractivity contribution in [2.24, 2.45) is 0 Å². The molecule has 1 N–H and O–H groups in total. The van der Waals surface area contributed by atoms with E-state index in [1.807, 2.05) is 32.0 Å². The van der Waals surface area contributed by atoms with Gasteiger partial charge in [0.15, 0.2) is 0 Å². The second-order valence-electron chi connectivity index (χ2n) is 4.72. The summed E-state index contributed by atoms with van der Waals surface area (Å²) in [7, 11) is 0. The molecule has 1 amide bonds. The van der Waals surface area contributed by atoms with Crippen molar-refractivity contribution < 1.29 is 9.90 Å². The van der Waals surface area contributed by atoms with Crippen LogP contribution in [0.5, 0.6) is 0 Å². The molecule has 0 aromatic heterocycles. The van der Waals surface area contributed by atoms with Gasteiger partial charge >= 0.3 is 0 Å². The van der Waals surface area contributed by atoms with Crippen molar-refractivity contribution in [3.63, 3.8) is 0 Å². The topological polar surface area (TPSA) is 40.5 Å². The molecule has 0 atom stereocenters. The summed E-state index contributed by atoms with van der Waals surface area (Å²) in [5.74, 6) is -0.0151. The van der Waals surface area contributed by atoms with E-state index in [4.69, 9.17) is 0 Å². The molecule has 0 aliphatic carbocycles. The summed E-state index contributed by atoms with van der Waals surface area (Å²) in [5.41, 5.74) is 1.05. The quantitative estimate of drug-likeness (QED) is 0.910. The van der Waals surface area contributed by atoms with Crippen LogP contribution in [0, 0.1) is 6.92 Å². The Morgan fingerprint density at radius 1 is 1.53 bits per heavy atom. The summed E-state index contributed by atoms with van der Waals surface area (Å²) in [6.45, 7) is 4.76. The third kappa shape index (κ3) is 2.38. The van der Waals surface area contributed by atoms with Gasteiger partial charge in [-0.1, -0.05) is 18.6 Å². The lowest BCUT2D eigenvalue weighted by Crippen LogP contribution is -2.63. The Balaban J connectivity index is 2.14. The van der Waals surface area contributed by atoms with Crippen LogP contribution < -0.4 is 0 Å². The number of halogens is 1. The first-order valence-corrected chi connectivity index (χ1v) is 6.52. The van der Waals surface area contributed by atoms with Gasteiger partial charge in [-0.3, -0.25) is 4.79 Å². The number of rotatable bonds is 2. The lowest BCUT2D eigenvalue weighted by molar-refractivity contribution is -0.0826. The van der Waals surface area contributed by atoms with E-state index in [-0.39, 0.29) is 5.91 Å². The fourth-order valence-corrected chi connectivity index (χ4v) is 2.42. The monoisotopic (exact) mass is 297 g/mol. The molecule has 0 saturated carbocycles. The SMILES string of the molecule is CCC1(O)CN(C(=O)c2cc(C)ccc2Br)C1. The maximum atomic E-state index is 12.2. The standard InChI is InChI=1S/C13H16BrNO2/c1-3-13(17)7-15(8-13)12(16)10-6-9(2)4-5-11(10)14/h4-6,17H,3,7-8H2,1-2H3. The molecule has 1 aromatic carbocycles. The minimum atomic E-state index is -0.675. The molecule has 1 aromatic rings. The Labute approximate surface area is 110 Å². The van der Waals surface area contributed by atoms with Crippen LogP contribution in [0.2, 0.25) is 0 Å². The van der Waals surface area contributed by atoms with Gasteiger partial charge in [-0.25, -0.2) is 0 Å². The van der Waals surface area contributed by atoms with Crippen molar-refractivity contribution >= 4 is 21.8 Å². The maximum absolute atomic E-state index is 12.2. The normalized spacial score (nSPS) is 17.8. The first kappa shape index (κ1) is 12.6. The highest BCUT2D eigenvalue weighted by Gasteiger charge is 2.42. The summed E-state index contributed by atoms with van der Waals surface area (Å²) in [5, 5.41) is 9.90. The van der Waals surface area contributed by atoms with Gasteiger partial charge in [0.1, 0.15) is 0 Å². The van der Waals surface area contributed by atoms with Gasteiger partial charge in [-0.05, 0) is 41.4 Å². The highest BCUT2D eigenvalue weighted by molar-refractivity contribution is 9.10. The number of hydrogen-bond acceptors (Lipinski definition) is 2. The molecule has 1 fully saturated rings. The molecule has 0 bridgehead atoms. The van der Waals surface area contributed by atoms with Crippen molar-refractivity contribution in [1.82, 2.24) is 4.90 Å². The molecule has 1 aliphatic rings. The van der Waals surface area contributed by atoms with Crippen molar-refractivity contribution in [2.45, 2.75) is 25.9 Å². The zero-order valence-electron chi connectivity index (χ0n) is 10.0. The van der Waals surface area contributed by atoms with E-state index in [1.165, 1.54) is 0 Å². The minimum Gasteiger partial charge on any atom is -0.386 e. The molecule has 17 heavy (non-hydrogen) atoms. The molecule has 1 saturated heterocycles. The smallest absolute Gasteiger partial charge is 0.255 e. The first-order chi connectivity index (χ1) is 7.95. The van der Waals surface area contributed by atoms with E-state index < -0.39 is 5.60 Å². The number of nitrogens with zero attached hydrogens (tertiary/aromatic N) is 1. The number of carbonyl (C=O) groups is 1. The number of aliphatic hydroxyl groups is 1. The lowest BCUT2D eigenvalue weighted by Gasteiger charge is -2.46. The number of benzene rings is 1. The Morgan fingerprint density at radius 3 is 2.76 bits per heavy atom. The fraction of sp³-hybridized carbons (Fsp3) is 0.462. The van der Waals surface area contributed by atoms with Gasteiger partial charge in [-0.15, -0.1) is 0 Å². The molecule has 0 radical (unpaired) electrons. The highest BCUT2D eigenvalue weighted by Crippen LogP contribution is 2.28. The summed E-state index contributed by atoms with van der Waals surface area (Å²) >= 11 is 3.39. The molecule has 0 spiro atoms. The van der Waals surface area contributed by atoms with Crippen LogP contribution in [-0.2, 0) is 0 Å². The number of likely N-dealkylation sites (tertiary alicyclic amines) is 1. The lowest BCUT2D eigenvalue weighted by atomic mass is 9.90. The van der Waals surface area contributed by atoms with Crippen molar-refractivity contribution in [3.8, 4) is 0 Å². The third-order valence-corrected chi connectivity index (χ3v) is 3.96. The van der Waals surface area contributed by atoms with E-state index in [0.29, 0.717) is 25.1 Å². The van der Waals surface area contributed by atoms with Gasteiger partial charge in [-0.2, -0.15) is 0 Å². The predicted molar refractivity (Wildman–Crippen MR) is 70.0 cm³/mol. The van der Waals surface area contributed by atoms with E-state index in [2.05, 4.69) is 15.9 Å². The largest absolute Gasteiger partial charge is 0.386 e. The molecule has 1 aliphatic heterocycles. The van der Waals surface area contributed by atoms with Gasteiger partial charge in [0.05, 0.1) is 24.3 Å². The fourth-order valence-electron chi connectivity index (χ4n) is 2.00. The highest BCUT2D eigenvalue weighted by atomic mass is 79.9.